The van der Waals surface area contributed by atoms with Crippen LogP contribution in [0.5, 0.6) is 0 Å². The molecule has 0 aromatic heterocycles. The molecule has 0 radical (unpaired) electrons. The summed E-state index contributed by atoms with van der Waals surface area (Å²) in [5.74, 6) is 0.176. The number of halogens is 1. The van der Waals surface area contributed by atoms with Gasteiger partial charge in [-0.1, -0.05) is 28.1 Å². The molecule has 1 aliphatic rings. The van der Waals surface area contributed by atoms with E-state index in [-0.39, 0.29) is 5.91 Å². The first-order valence-electron chi connectivity index (χ1n) is 5.25. The van der Waals surface area contributed by atoms with Gasteiger partial charge in [-0.05, 0) is 30.5 Å². The fraction of sp³-hybridized carbons (Fsp3) is 0.417. The summed E-state index contributed by atoms with van der Waals surface area (Å²) in [6, 6.07) is 7.83. The highest BCUT2D eigenvalue weighted by Gasteiger charge is 2.19. The van der Waals surface area contributed by atoms with Gasteiger partial charge in [-0.15, -0.1) is 0 Å². The summed E-state index contributed by atoms with van der Waals surface area (Å²) >= 11 is 3.40. The summed E-state index contributed by atoms with van der Waals surface area (Å²) in [7, 11) is 0. The molecule has 0 atom stereocenters. The molecule has 0 saturated carbocycles. The summed E-state index contributed by atoms with van der Waals surface area (Å²) in [5.41, 5.74) is 1.97. The van der Waals surface area contributed by atoms with Crippen molar-refractivity contribution in [3.8, 4) is 0 Å². The Hall–Kier alpha value is -0.830. The fourth-order valence-electron chi connectivity index (χ4n) is 1.89. The zero-order chi connectivity index (χ0) is 10.7. The van der Waals surface area contributed by atoms with E-state index in [0.29, 0.717) is 0 Å². The van der Waals surface area contributed by atoms with Crippen molar-refractivity contribution in [2.24, 2.45) is 0 Å². The highest BCUT2D eigenvalue weighted by Crippen LogP contribution is 2.15. The van der Waals surface area contributed by atoms with E-state index in [1.54, 1.807) is 0 Å². The average Bonchev–Trinajstić information content (AvgIpc) is 2.81. The Kier molecular flexibility index (Phi) is 3.41. The first kappa shape index (κ1) is 10.7. The van der Waals surface area contributed by atoms with Crippen molar-refractivity contribution in [1.29, 1.82) is 0 Å². The van der Waals surface area contributed by atoms with E-state index >= 15 is 0 Å². The second-order valence-corrected chi connectivity index (χ2v) is 4.39. The number of alkyl halides is 1. The topological polar surface area (TPSA) is 20.3 Å². The highest BCUT2D eigenvalue weighted by molar-refractivity contribution is 9.08. The van der Waals surface area contributed by atoms with Crippen LogP contribution in [0, 0.1) is 0 Å². The molecule has 3 heteroatoms. The minimum Gasteiger partial charge on any atom is -0.339 e. The molecule has 1 aromatic carbocycles. The van der Waals surface area contributed by atoms with Gasteiger partial charge in [0.05, 0.1) is 0 Å². The lowest BCUT2D eigenvalue weighted by Crippen LogP contribution is -2.27. The van der Waals surface area contributed by atoms with E-state index in [1.807, 2.05) is 29.2 Å². The predicted octanol–water partition coefficient (Wildman–Crippen LogP) is 2.82. The molecule has 2 nitrogen and oxygen atoms in total. The van der Waals surface area contributed by atoms with Gasteiger partial charge in [0.15, 0.2) is 0 Å². The molecule has 1 amide bonds. The minimum atomic E-state index is 0.176. The van der Waals surface area contributed by atoms with Gasteiger partial charge in [-0.3, -0.25) is 4.79 Å². The van der Waals surface area contributed by atoms with Gasteiger partial charge in [0.25, 0.3) is 5.91 Å². The molecule has 0 spiro atoms. The van der Waals surface area contributed by atoms with Crippen LogP contribution in [-0.2, 0) is 5.33 Å². The van der Waals surface area contributed by atoms with Crippen LogP contribution in [0.2, 0.25) is 0 Å². The largest absolute Gasteiger partial charge is 0.339 e. The molecule has 0 bridgehead atoms. The molecule has 15 heavy (non-hydrogen) atoms. The number of benzene rings is 1. The SMILES string of the molecule is O=C(c1cccc(CBr)c1)N1CCCC1. The van der Waals surface area contributed by atoms with Gasteiger partial charge < -0.3 is 4.90 Å². The highest BCUT2D eigenvalue weighted by atomic mass is 79.9. The maximum Gasteiger partial charge on any atom is 0.253 e. The van der Waals surface area contributed by atoms with Gasteiger partial charge in [-0.25, -0.2) is 0 Å². The molecule has 0 unspecified atom stereocenters. The van der Waals surface area contributed by atoms with Crippen LogP contribution in [0.25, 0.3) is 0 Å². The summed E-state index contributed by atoms with van der Waals surface area (Å²) in [5, 5.41) is 0.800. The third-order valence-corrected chi connectivity index (χ3v) is 3.37. The molecule has 1 fully saturated rings. The average molecular weight is 268 g/mol. The van der Waals surface area contributed by atoms with Crippen molar-refractivity contribution in [1.82, 2.24) is 4.90 Å². The van der Waals surface area contributed by atoms with Crippen LogP contribution in [0.3, 0.4) is 0 Å². The molecule has 80 valence electrons. The second-order valence-electron chi connectivity index (χ2n) is 3.83. The van der Waals surface area contributed by atoms with Crippen molar-refractivity contribution in [3.63, 3.8) is 0 Å². The smallest absolute Gasteiger partial charge is 0.253 e. The summed E-state index contributed by atoms with van der Waals surface area (Å²) in [6.45, 7) is 1.83. The first-order chi connectivity index (χ1) is 7.31. The Morgan fingerprint density at radius 1 is 1.33 bits per heavy atom. The van der Waals surface area contributed by atoms with Crippen LogP contribution < -0.4 is 0 Å². The van der Waals surface area contributed by atoms with Crippen LogP contribution in [0.4, 0.5) is 0 Å². The van der Waals surface area contributed by atoms with Gasteiger partial charge in [0.1, 0.15) is 0 Å². The standard InChI is InChI=1S/C12H14BrNO/c13-9-10-4-3-5-11(8-10)12(15)14-6-1-2-7-14/h3-5,8H,1-2,6-7,9H2. The molecule has 1 heterocycles. The summed E-state index contributed by atoms with van der Waals surface area (Å²) < 4.78 is 0. The van der Waals surface area contributed by atoms with Gasteiger partial charge in [-0.2, -0.15) is 0 Å². The van der Waals surface area contributed by atoms with E-state index in [4.69, 9.17) is 0 Å². The number of hydrogen-bond donors (Lipinski definition) is 0. The maximum absolute atomic E-state index is 12.0. The lowest BCUT2D eigenvalue weighted by molar-refractivity contribution is 0.0792. The van der Waals surface area contributed by atoms with Crippen LogP contribution >= 0.6 is 15.9 Å². The van der Waals surface area contributed by atoms with E-state index < -0.39 is 0 Å². The molecule has 2 rings (SSSR count). The number of likely N-dealkylation sites (tertiary alicyclic amines) is 1. The van der Waals surface area contributed by atoms with Gasteiger partial charge in [0.2, 0.25) is 0 Å². The van der Waals surface area contributed by atoms with E-state index in [2.05, 4.69) is 15.9 Å². The van der Waals surface area contributed by atoms with Gasteiger partial charge >= 0.3 is 0 Å². The second kappa shape index (κ2) is 4.79. The van der Waals surface area contributed by atoms with Crippen molar-refractivity contribution >= 4 is 21.8 Å². The number of amides is 1. The lowest BCUT2D eigenvalue weighted by Gasteiger charge is -2.15. The Balaban J connectivity index is 2.17. The number of rotatable bonds is 2. The molecule has 1 aromatic rings. The van der Waals surface area contributed by atoms with Crippen LogP contribution in [-0.4, -0.2) is 23.9 Å². The van der Waals surface area contributed by atoms with Crippen LogP contribution in [0.1, 0.15) is 28.8 Å². The Bertz CT molecular complexity index is 358. The van der Waals surface area contributed by atoms with Crippen molar-refractivity contribution < 1.29 is 4.79 Å². The predicted molar refractivity (Wildman–Crippen MR) is 64.2 cm³/mol. The van der Waals surface area contributed by atoms with E-state index in [1.165, 1.54) is 0 Å². The molecule has 0 aliphatic carbocycles. The maximum atomic E-state index is 12.0. The third kappa shape index (κ3) is 2.40. The zero-order valence-electron chi connectivity index (χ0n) is 8.58. The Morgan fingerprint density at radius 3 is 2.73 bits per heavy atom. The normalized spacial score (nSPS) is 15.7. The Morgan fingerprint density at radius 2 is 2.07 bits per heavy atom. The summed E-state index contributed by atoms with van der Waals surface area (Å²) in [4.78, 5) is 14.0. The quantitative estimate of drug-likeness (QED) is 0.755. The fourth-order valence-corrected chi connectivity index (χ4v) is 2.24. The minimum absolute atomic E-state index is 0.176. The van der Waals surface area contributed by atoms with Crippen molar-refractivity contribution in [3.05, 3.63) is 35.4 Å². The molecule has 1 aliphatic heterocycles. The number of hydrogen-bond acceptors (Lipinski definition) is 1. The molecule has 1 saturated heterocycles. The number of carbonyl (C=O) groups excluding carboxylic acids is 1. The van der Waals surface area contributed by atoms with Crippen LogP contribution in [0.15, 0.2) is 24.3 Å². The third-order valence-electron chi connectivity index (χ3n) is 2.72. The summed E-state index contributed by atoms with van der Waals surface area (Å²) in [6.07, 6.45) is 2.29. The zero-order valence-corrected chi connectivity index (χ0v) is 10.2. The molecular weight excluding hydrogens is 254 g/mol. The number of carbonyl (C=O) groups is 1. The monoisotopic (exact) mass is 267 g/mol. The van der Waals surface area contributed by atoms with E-state index in [9.17, 15) is 4.79 Å². The Labute approximate surface area is 98.4 Å². The van der Waals surface area contributed by atoms with Crippen molar-refractivity contribution in [2.45, 2.75) is 18.2 Å². The van der Waals surface area contributed by atoms with Gasteiger partial charge in [0, 0.05) is 24.0 Å². The lowest BCUT2D eigenvalue weighted by atomic mass is 10.1. The molecule has 0 N–H and O–H groups in total. The number of nitrogens with zero attached hydrogens (tertiary/aromatic N) is 1. The first-order valence-corrected chi connectivity index (χ1v) is 6.37. The molecular formula is C12H14BrNO. The van der Waals surface area contributed by atoms with E-state index in [0.717, 1.165) is 42.4 Å². The van der Waals surface area contributed by atoms with Crippen molar-refractivity contribution in [2.75, 3.05) is 13.1 Å².